The molecule has 1 atom stereocenters. The van der Waals surface area contributed by atoms with E-state index in [0.717, 1.165) is 0 Å². The van der Waals surface area contributed by atoms with Crippen molar-refractivity contribution in [2.75, 3.05) is 32.8 Å². The Morgan fingerprint density at radius 1 is 1.44 bits per heavy atom. The van der Waals surface area contributed by atoms with Crippen LogP contribution in [0.2, 0.25) is 0 Å². The Kier molecular flexibility index (Phi) is 3.40. The van der Waals surface area contributed by atoms with Crippen molar-refractivity contribution in [2.24, 2.45) is 5.92 Å². The van der Waals surface area contributed by atoms with E-state index in [9.17, 15) is 9.59 Å². The maximum Gasteiger partial charge on any atom is 0.305 e. The van der Waals surface area contributed by atoms with Crippen LogP contribution < -0.4 is 5.32 Å². The number of carbonyl (C=O) groups is 2. The Hall–Kier alpha value is -1.14. The van der Waals surface area contributed by atoms with E-state index in [1.807, 2.05) is 0 Å². The number of carboxylic acid groups (broad SMARTS) is 1. The third kappa shape index (κ3) is 2.33. The number of aliphatic carboxylic acids is 1. The molecule has 6 nitrogen and oxygen atoms in total. The molecule has 0 aromatic carbocycles. The van der Waals surface area contributed by atoms with Gasteiger partial charge in [-0.1, -0.05) is 0 Å². The van der Waals surface area contributed by atoms with Crippen LogP contribution in [0.1, 0.15) is 6.42 Å². The highest BCUT2D eigenvalue weighted by Crippen LogP contribution is 2.16. The molecular formula is C10H16N2O4. The standard InChI is InChI=1S/C10H16N2O4/c13-9(14)3-8-6-16-2-1-12(8)10(15)7-4-11-5-7/h7-8,11H,1-6H2,(H,13,14). The van der Waals surface area contributed by atoms with E-state index in [0.29, 0.717) is 32.8 Å². The number of hydrogen-bond donors (Lipinski definition) is 2. The van der Waals surface area contributed by atoms with Crippen LogP contribution in [0.4, 0.5) is 0 Å². The smallest absolute Gasteiger partial charge is 0.305 e. The summed E-state index contributed by atoms with van der Waals surface area (Å²) in [6.45, 7) is 2.75. The Morgan fingerprint density at radius 3 is 2.75 bits per heavy atom. The highest BCUT2D eigenvalue weighted by Gasteiger charge is 2.35. The van der Waals surface area contributed by atoms with Gasteiger partial charge >= 0.3 is 5.97 Å². The second kappa shape index (κ2) is 4.80. The summed E-state index contributed by atoms with van der Waals surface area (Å²) in [6, 6.07) is -0.306. The second-order valence-corrected chi connectivity index (χ2v) is 4.21. The van der Waals surface area contributed by atoms with Crippen LogP contribution in [-0.2, 0) is 14.3 Å². The molecule has 2 aliphatic heterocycles. The molecule has 0 aliphatic carbocycles. The monoisotopic (exact) mass is 228 g/mol. The summed E-state index contributed by atoms with van der Waals surface area (Å²) in [6.07, 6.45) is -0.0358. The number of nitrogens with zero attached hydrogens (tertiary/aromatic N) is 1. The first-order chi connectivity index (χ1) is 7.68. The minimum Gasteiger partial charge on any atom is -0.481 e. The van der Waals surface area contributed by atoms with Crippen LogP contribution in [0.3, 0.4) is 0 Å². The fourth-order valence-electron chi connectivity index (χ4n) is 2.01. The van der Waals surface area contributed by atoms with Crippen molar-refractivity contribution in [1.29, 1.82) is 0 Å². The second-order valence-electron chi connectivity index (χ2n) is 4.21. The van der Waals surface area contributed by atoms with Crippen molar-refractivity contribution < 1.29 is 19.4 Å². The van der Waals surface area contributed by atoms with Crippen molar-refractivity contribution >= 4 is 11.9 Å². The Bertz CT molecular complexity index is 291. The highest BCUT2D eigenvalue weighted by atomic mass is 16.5. The summed E-state index contributed by atoms with van der Waals surface area (Å²) in [5, 5.41) is 11.8. The summed E-state index contributed by atoms with van der Waals surface area (Å²) in [5.74, 6) is -0.803. The van der Waals surface area contributed by atoms with Gasteiger partial charge in [0.25, 0.3) is 0 Å². The van der Waals surface area contributed by atoms with Crippen LogP contribution in [0.15, 0.2) is 0 Å². The fraction of sp³-hybridized carbons (Fsp3) is 0.800. The predicted molar refractivity (Wildman–Crippen MR) is 54.9 cm³/mol. The number of hydrogen-bond acceptors (Lipinski definition) is 4. The van der Waals surface area contributed by atoms with Crippen LogP contribution in [-0.4, -0.2) is 60.8 Å². The predicted octanol–water partition coefficient (Wildman–Crippen LogP) is -1.09. The molecule has 2 aliphatic rings. The Labute approximate surface area is 93.6 Å². The van der Waals surface area contributed by atoms with Gasteiger partial charge in [0, 0.05) is 19.6 Å². The van der Waals surface area contributed by atoms with E-state index in [1.165, 1.54) is 0 Å². The first-order valence-corrected chi connectivity index (χ1v) is 5.49. The largest absolute Gasteiger partial charge is 0.481 e. The molecule has 16 heavy (non-hydrogen) atoms. The normalized spacial score (nSPS) is 26.2. The van der Waals surface area contributed by atoms with E-state index in [4.69, 9.17) is 9.84 Å². The number of amides is 1. The molecule has 0 saturated carbocycles. The maximum absolute atomic E-state index is 12.0. The number of nitrogens with one attached hydrogen (secondary N) is 1. The molecule has 1 unspecified atom stereocenters. The average molecular weight is 228 g/mol. The molecule has 0 aromatic heterocycles. The molecule has 6 heteroatoms. The SMILES string of the molecule is O=C(O)CC1COCCN1C(=O)C1CNC1. The third-order valence-corrected chi connectivity index (χ3v) is 3.05. The molecule has 1 amide bonds. The average Bonchev–Trinajstić information content (AvgIpc) is 2.14. The van der Waals surface area contributed by atoms with E-state index >= 15 is 0 Å². The van der Waals surface area contributed by atoms with Gasteiger partial charge in [-0.2, -0.15) is 0 Å². The number of carbonyl (C=O) groups excluding carboxylic acids is 1. The molecular weight excluding hydrogens is 212 g/mol. The topological polar surface area (TPSA) is 78.9 Å². The molecule has 0 spiro atoms. The number of rotatable bonds is 3. The zero-order chi connectivity index (χ0) is 11.5. The summed E-state index contributed by atoms with van der Waals surface area (Å²) in [4.78, 5) is 24.4. The number of morpholine rings is 1. The lowest BCUT2D eigenvalue weighted by Crippen LogP contribution is -2.57. The van der Waals surface area contributed by atoms with E-state index in [-0.39, 0.29) is 24.3 Å². The minimum atomic E-state index is -0.889. The van der Waals surface area contributed by atoms with Gasteiger partial charge in [0.2, 0.25) is 5.91 Å². The Morgan fingerprint density at radius 2 is 2.19 bits per heavy atom. The molecule has 0 aromatic rings. The molecule has 2 fully saturated rings. The Balaban J connectivity index is 1.97. The maximum atomic E-state index is 12.0. The van der Waals surface area contributed by atoms with Gasteiger partial charge in [-0.3, -0.25) is 9.59 Å². The lowest BCUT2D eigenvalue weighted by atomic mass is 9.99. The first-order valence-electron chi connectivity index (χ1n) is 5.49. The molecule has 2 saturated heterocycles. The zero-order valence-corrected chi connectivity index (χ0v) is 9.02. The fourth-order valence-corrected chi connectivity index (χ4v) is 2.01. The van der Waals surface area contributed by atoms with Crippen LogP contribution in [0.5, 0.6) is 0 Å². The summed E-state index contributed by atoms with van der Waals surface area (Å²) in [7, 11) is 0. The van der Waals surface area contributed by atoms with Gasteiger partial charge < -0.3 is 20.1 Å². The molecule has 2 N–H and O–H groups in total. The van der Waals surface area contributed by atoms with Crippen molar-refractivity contribution in [2.45, 2.75) is 12.5 Å². The van der Waals surface area contributed by atoms with Gasteiger partial charge in [0.05, 0.1) is 31.6 Å². The third-order valence-electron chi connectivity index (χ3n) is 3.05. The molecule has 2 rings (SSSR count). The van der Waals surface area contributed by atoms with E-state index in [2.05, 4.69) is 5.32 Å². The van der Waals surface area contributed by atoms with Crippen LogP contribution in [0.25, 0.3) is 0 Å². The molecule has 90 valence electrons. The van der Waals surface area contributed by atoms with Gasteiger partial charge in [-0.05, 0) is 0 Å². The summed E-state index contributed by atoms with van der Waals surface area (Å²) < 4.78 is 5.22. The van der Waals surface area contributed by atoms with Crippen LogP contribution in [0, 0.1) is 5.92 Å². The highest BCUT2D eigenvalue weighted by molar-refractivity contribution is 5.81. The van der Waals surface area contributed by atoms with Crippen molar-refractivity contribution in [3.05, 3.63) is 0 Å². The number of ether oxygens (including phenoxy) is 1. The van der Waals surface area contributed by atoms with Gasteiger partial charge in [-0.25, -0.2) is 0 Å². The zero-order valence-electron chi connectivity index (χ0n) is 9.02. The number of carboxylic acids is 1. The quantitative estimate of drug-likeness (QED) is 0.641. The van der Waals surface area contributed by atoms with Crippen molar-refractivity contribution in [1.82, 2.24) is 10.2 Å². The van der Waals surface area contributed by atoms with Crippen molar-refractivity contribution in [3.8, 4) is 0 Å². The van der Waals surface area contributed by atoms with E-state index in [1.54, 1.807) is 4.90 Å². The van der Waals surface area contributed by atoms with Gasteiger partial charge in [0.1, 0.15) is 0 Å². The van der Waals surface area contributed by atoms with Gasteiger partial charge in [-0.15, -0.1) is 0 Å². The van der Waals surface area contributed by atoms with E-state index < -0.39 is 5.97 Å². The molecule has 2 heterocycles. The minimum absolute atomic E-state index is 0.0226. The summed E-state index contributed by atoms with van der Waals surface area (Å²) >= 11 is 0. The van der Waals surface area contributed by atoms with Crippen LogP contribution >= 0.6 is 0 Å². The summed E-state index contributed by atoms with van der Waals surface area (Å²) in [5.41, 5.74) is 0. The van der Waals surface area contributed by atoms with Crippen molar-refractivity contribution in [3.63, 3.8) is 0 Å². The lowest BCUT2D eigenvalue weighted by Gasteiger charge is -2.39. The molecule has 0 bridgehead atoms. The molecule has 0 radical (unpaired) electrons. The van der Waals surface area contributed by atoms with Gasteiger partial charge in [0.15, 0.2) is 0 Å². The lowest BCUT2D eigenvalue weighted by molar-refractivity contribution is -0.150. The first kappa shape index (κ1) is 11.3.